The number of ketones is 1. The van der Waals surface area contributed by atoms with Crippen LogP contribution in [0.5, 0.6) is 0 Å². The van der Waals surface area contributed by atoms with Crippen LogP contribution < -0.4 is 5.32 Å². The molecule has 2 aliphatic rings. The number of Topliss-reactive ketones (excluding diaryl/α,β-unsaturated/α-hetero) is 1. The van der Waals surface area contributed by atoms with Crippen LogP contribution >= 0.6 is 0 Å². The van der Waals surface area contributed by atoms with Crippen molar-refractivity contribution in [2.45, 2.75) is 57.5 Å². The quantitative estimate of drug-likeness (QED) is 0.836. The van der Waals surface area contributed by atoms with Gasteiger partial charge in [0.15, 0.2) is 5.78 Å². The zero-order valence-electron chi connectivity index (χ0n) is 13.2. The number of benzene rings is 1. The van der Waals surface area contributed by atoms with Crippen molar-refractivity contribution < 1.29 is 4.79 Å². The normalized spacial score (nSPS) is 30.8. The van der Waals surface area contributed by atoms with E-state index in [1.807, 2.05) is 24.3 Å². The standard InChI is InChI=1S/C19H24N2O/c1-2-10-19(11-9-14-7-8-17(19)20-14)18(22)16-12-13-5-3-4-6-15(13)21-16/h3-6,12,14,17,20-21H,2,7-11H2,1H3. The van der Waals surface area contributed by atoms with Crippen LogP contribution in [0, 0.1) is 5.41 Å². The molecule has 0 radical (unpaired) electrons. The number of rotatable bonds is 4. The number of carbonyl (C=O) groups excluding carboxylic acids is 1. The van der Waals surface area contributed by atoms with Crippen LogP contribution in [0.2, 0.25) is 0 Å². The molecule has 2 N–H and O–H groups in total. The van der Waals surface area contributed by atoms with Crippen molar-refractivity contribution in [1.82, 2.24) is 10.3 Å². The molecule has 1 aromatic heterocycles. The Labute approximate surface area is 131 Å². The highest BCUT2D eigenvalue weighted by molar-refractivity contribution is 6.03. The van der Waals surface area contributed by atoms with Gasteiger partial charge in [0.05, 0.1) is 11.1 Å². The lowest BCUT2D eigenvalue weighted by Crippen LogP contribution is -2.53. The summed E-state index contributed by atoms with van der Waals surface area (Å²) >= 11 is 0. The summed E-state index contributed by atoms with van der Waals surface area (Å²) in [5.74, 6) is 0.323. The second kappa shape index (κ2) is 5.24. The van der Waals surface area contributed by atoms with Crippen molar-refractivity contribution in [3.05, 3.63) is 36.0 Å². The molecule has 0 aliphatic carbocycles. The van der Waals surface area contributed by atoms with Crippen molar-refractivity contribution in [2.75, 3.05) is 0 Å². The molecule has 2 aliphatic heterocycles. The van der Waals surface area contributed by atoms with Gasteiger partial charge in [0.25, 0.3) is 0 Å². The molecule has 0 saturated carbocycles. The number of fused-ring (bicyclic) bond motifs is 3. The highest BCUT2D eigenvalue weighted by Crippen LogP contribution is 2.46. The summed E-state index contributed by atoms with van der Waals surface area (Å²) in [4.78, 5) is 16.8. The minimum absolute atomic E-state index is 0.206. The highest BCUT2D eigenvalue weighted by Gasteiger charge is 2.51. The van der Waals surface area contributed by atoms with E-state index >= 15 is 0 Å². The first-order chi connectivity index (χ1) is 10.7. The van der Waals surface area contributed by atoms with Gasteiger partial charge in [0.1, 0.15) is 0 Å². The number of para-hydroxylation sites is 1. The van der Waals surface area contributed by atoms with Crippen molar-refractivity contribution in [2.24, 2.45) is 5.41 Å². The van der Waals surface area contributed by atoms with Crippen LogP contribution in [-0.4, -0.2) is 22.9 Å². The summed E-state index contributed by atoms with van der Waals surface area (Å²) in [6.45, 7) is 2.20. The minimum atomic E-state index is -0.206. The van der Waals surface area contributed by atoms with Gasteiger partial charge in [0, 0.05) is 23.0 Å². The molecule has 22 heavy (non-hydrogen) atoms. The van der Waals surface area contributed by atoms with Crippen LogP contribution in [0.3, 0.4) is 0 Å². The molecular formula is C19H24N2O. The lowest BCUT2D eigenvalue weighted by Gasteiger charge is -2.41. The molecule has 116 valence electrons. The molecular weight excluding hydrogens is 272 g/mol. The van der Waals surface area contributed by atoms with E-state index in [4.69, 9.17) is 0 Å². The first-order valence-electron chi connectivity index (χ1n) is 8.61. The molecule has 3 atom stereocenters. The number of aromatic nitrogens is 1. The van der Waals surface area contributed by atoms with Gasteiger partial charge >= 0.3 is 0 Å². The number of nitrogens with one attached hydrogen (secondary N) is 2. The molecule has 0 spiro atoms. The zero-order valence-corrected chi connectivity index (χ0v) is 13.2. The second-order valence-electron chi connectivity index (χ2n) is 7.04. The first kappa shape index (κ1) is 14.0. The summed E-state index contributed by atoms with van der Waals surface area (Å²) in [6.07, 6.45) is 6.62. The molecule has 4 rings (SSSR count). The van der Waals surface area contributed by atoms with Gasteiger partial charge in [-0.1, -0.05) is 31.5 Å². The molecule has 2 aromatic rings. The fourth-order valence-electron chi connectivity index (χ4n) is 4.68. The molecule has 2 saturated heterocycles. The Morgan fingerprint density at radius 1 is 1.27 bits per heavy atom. The minimum Gasteiger partial charge on any atom is -0.352 e. The molecule has 1 aromatic carbocycles. The monoisotopic (exact) mass is 296 g/mol. The molecule has 3 heterocycles. The Hall–Kier alpha value is -1.61. The van der Waals surface area contributed by atoms with Crippen LogP contribution in [0.1, 0.15) is 55.9 Å². The molecule has 2 fully saturated rings. The Balaban J connectivity index is 1.74. The van der Waals surface area contributed by atoms with E-state index in [1.54, 1.807) is 0 Å². The van der Waals surface area contributed by atoms with E-state index in [2.05, 4.69) is 23.3 Å². The summed E-state index contributed by atoms with van der Waals surface area (Å²) in [5, 5.41) is 4.85. The molecule has 3 unspecified atom stereocenters. The van der Waals surface area contributed by atoms with E-state index in [-0.39, 0.29) is 5.41 Å². The molecule has 3 heteroatoms. The maximum absolute atomic E-state index is 13.4. The van der Waals surface area contributed by atoms with Gasteiger partial charge < -0.3 is 10.3 Å². The van der Waals surface area contributed by atoms with Crippen LogP contribution in [-0.2, 0) is 0 Å². The van der Waals surface area contributed by atoms with Crippen LogP contribution in [0.15, 0.2) is 30.3 Å². The van der Waals surface area contributed by atoms with Gasteiger partial charge in [-0.05, 0) is 44.2 Å². The third-order valence-corrected chi connectivity index (χ3v) is 5.77. The summed E-state index contributed by atoms with van der Waals surface area (Å²) in [5.41, 5.74) is 1.65. The number of carbonyl (C=O) groups is 1. The number of aromatic amines is 1. The predicted octanol–water partition coefficient (Wildman–Crippen LogP) is 4.05. The SMILES string of the molecule is CCCC1(C(=O)c2cc3ccccc3[nH]2)CCC2CCC1N2. The van der Waals surface area contributed by atoms with Crippen molar-refractivity contribution in [1.29, 1.82) is 0 Å². The molecule has 0 amide bonds. The molecule has 2 bridgehead atoms. The fourth-order valence-corrected chi connectivity index (χ4v) is 4.68. The van der Waals surface area contributed by atoms with Crippen LogP contribution in [0.25, 0.3) is 10.9 Å². The van der Waals surface area contributed by atoms with E-state index in [0.717, 1.165) is 48.7 Å². The predicted molar refractivity (Wildman–Crippen MR) is 89.1 cm³/mol. The maximum atomic E-state index is 13.4. The summed E-state index contributed by atoms with van der Waals surface area (Å²) < 4.78 is 0. The topological polar surface area (TPSA) is 44.9 Å². The van der Waals surface area contributed by atoms with Gasteiger partial charge in [-0.25, -0.2) is 0 Å². The second-order valence-corrected chi connectivity index (χ2v) is 7.04. The van der Waals surface area contributed by atoms with Gasteiger partial charge in [-0.3, -0.25) is 4.79 Å². The Bertz CT molecular complexity index is 671. The summed E-state index contributed by atoms with van der Waals surface area (Å²) in [7, 11) is 0. The number of piperidine rings is 1. The Morgan fingerprint density at radius 2 is 2.14 bits per heavy atom. The van der Waals surface area contributed by atoms with E-state index in [1.165, 1.54) is 6.42 Å². The van der Waals surface area contributed by atoms with E-state index in [9.17, 15) is 4.79 Å². The lowest BCUT2D eigenvalue weighted by atomic mass is 9.67. The average molecular weight is 296 g/mol. The fraction of sp³-hybridized carbons (Fsp3) is 0.526. The van der Waals surface area contributed by atoms with E-state index < -0.39 is 0 Å². The first-order valence-corrected chi connectivity index (χ1v) is 8.61. The Morgan fingerprint density at radius 3 is 2.95 bits per heavy atom. The zero-order chi connectivity index (χ0) is 15.2. The van der Waals surface area contributed by atoms with Crippen LogP contribution in [0.4, 0.5) is 0 Å². The highest BCUT2D eigenvalue weighted by atomic mass is 16.1. The largest absolute Gasteiger partial charge is 0.352 e. The van der Waals surface area contributed by atoms with Crippen molar-refractivity contribution in [3.63, 3.8) is 0 Å². The van der Waals surface area contributed by atoms with Gasteiger partial charge in [0.2, 0.25) is 0 Å². The van der Waals surface area contributed by atoms with Gasteiger partial charge in [-0.2, -0.15) is 0 Å². The summed E-state index contributed by atoms with van der Waals surface area (Å²) in [6, 6.07) is 11.2. The third-order valence-electron chi connectivity index (χ3n) is 5.77. The van der Waals surface area contributed by atoms with Gasteiger partial charge in [-0.15, -0.1) is 0 Å². The number of H-pyrrole nitrogens is 1. The van der Waals surface area contributed by atoms with E-state index in [0.29, 0.717) is 17.9 Å². The van der Waals surface area contributed by atoms with Crippen molar-refractivity contribution in [3.8, 4) is 0 Å². The molecule has 3 nitrogen and oxygen atoms in total. The average Bonchev–Trinajstić information content (AvgIpc) is 3.14. The Kier molecular flexibility index (Phi) is 3.33. The third kappa shape index (κ3) is 2.03. The lowest BCUT2D eigenvalue weighted by molar-refractivity contribution is 0.0612. The number of hydrogen-bond acceptors (Lipinski definition) is 2. The maximum Gasteiger partial charge on any atom is 0.186 e. The smallest absolute Gasteiger partial charge is 0.186 e. The number of hydrogen-bond donors (Lipinski definition) is 2. The van der Waals surface area contributed by atoms with Crippen molar-refractivity contribution >= 4 is 16.7 Å².